The van der Waals surface area contributed by atoms with Crippen molar-refractivity contribution in [3.05, 3.63) is 57.6 Å². The summed E-state index contributed by atoms with van der Waals surface area (Å²) in [6.07, 6.45) is -2.83. The number of methoxy groups -OCH3 is 1. The fourth-order valence-electron chi connectivity index (χ4n) is 2.45. The minimum atomic E-state index is -4.45. The predicted octanol–water partition coefficient (Wildman–Crippen LogP) is 4.97. The van der Waals surface area contributed by atoms with Gasteiger partial charge in [0.05, 0.1) is 17.1 Å². The van der Waals surface area contributed by atoms with Crippen LogP contribution in [0.25, 0.3) is 11.6 Å². The Morgan fingerprint density at radius 3 is 2.54 bits per heavy atom. The van der Waals surface area contributed by atoms with Crippen molar-refractivity contribution in [3.8, 4) is 5.75 Å². The van der Waals surface area contributed by atoms with Gasteiger partial charge < -0.3 is 10.1 Å². The number of benzene rings is 2. The summed E-state index contributed by atoms with van der Waals surface area (Å²) in [6, 6.07) is 8.47. The minimum Gasteiger partial charge on any atom is -0.496 e. The molecule has 2 aromatic rings. The zero-order chi connectivity index (χ0) is 17.5. The van der Waals surface area contributed by atoms with Gasteiger partial charge in [-0.1, -0.05) is 12.1 Å². The smallest absolute Gasteiger partial charge is 0.416 e. The second-order valence-electron chi connectivity index (χ2n) is 5.16. The number of carbonyl (C=O) groups is 1. The summed E-state index contributed by atoms with van der Waals surface area (Å²) < 4.78 is 44.2. The first-order chi connectivity index (χ1) is 11.3. The number of ether oxygens (including phenoxy) is 1. The van der Waals surface area contributed by atoms with E-state index in [0.717, 1.165) is 17.7 Å². The molecular formula is C17H11BrF3NO2. The molecule has 0 unspecified atom stereocenters. The molecule has 1 N–H and O–H groups in total. The average molecular weight is 398 g/mol. The van der Waals surface area contributed by atoms with Gasteiger partial charge in [0.25, 0.3) is 5.91 Å². The van der Waals surface area contributed by atoms with Gasteiger partial charge in [-0.05, 0) is 51.8 Å². The lowest BCUT2D eigenvalue weighted by Gasteiger charge is -2.08. The normalized spacial score (nSPS) is 15.4. The number of carbonyl (C=O) groups excluding carboxylic acids is 1. The fourth-order valence-corrected chi connectivity index (χ4v) is 3.01. The number of hydrogen-bond donors (Lipinski definition) is 1. The molecule has 3 nitrogen and oxygen atoms in total. The zero-order valence-corrected chi connectivity index (χ0v) is 14.0. The van der Waals surface area contributed by atoms with Crippen molar-refractivity contribution in [1.82, 2.24) is 0 Å². The van der Waals surface area contributed by atoms with Crippen LogP contribution in [-0.4, -0.2) is 13.0 Å². The van der Waals surface area contributed by atoms with E-state index in [2.05, 4.69) is 21.2 Å². The van der Waals surface area contributed by atoms with Crippen LogP contribution in [-0.2, 0) is 11.0 Å². The maximum Gasteiger partial charge on any atom is 0.416 e. The second kappa shape index (κ2) is 5.98. The summed E-state index contributed by atoms with van der Waals surface area (Å²) in [6.45, 7) is 0. The van der Waals surface area contributed by atoms with Gasteiger partial charge in [-0.25, -0.2) is 0 Å². The molecule has 0 saturated carbocycles. The first kappa shape index (κ1) is 16.6. The quantitative estimate of drug-likeness (QED) is 0.726. The summed E-state index contributed by atoms with van der Waals surface area (Å²) in [5, 5.41) is 2.47. The van der Waals surface area contributed by atoms with E-state index in [0.29, 0.717) is 21.4 Å². The number of nitrogens with one attached hydrogen (secondary N) is 1. The second-order valence-corrected chi connectivity index (χ2v) is 6.02. The third-order valence-electron chi connectivity index (χ3n) is 3.62. The summed E-state index contributed by atoms with van der Waals surface area (Å²) in [5.74, 6) is 0.208. The van der Waals surface area contributed by atoms with Crippen molar-refractivity contribution in [2.45, 2.75) is 6.18 Å². The highest BCUT2D eigenvalue weighted by Crippen LogP contribution is 2.38. The van der Waals surface area contributed by atoms with E-state index in [1.807, 2.05) is 0 Å². The maximum atomic E-state index is 12.8. The Kier molecular flexibility index (Phi) is 4.13. The van der Waals surface area contributed by atoms with Crippen LogP contribution in [0, 0.1) is 0 Å². The third-order valence-corrected chi connectivity index (χ3v) is 4.24. The van der Waals surface area contributed by atoms with E-state index < -0.39 is 17.6 Å². The van der Waals surface area contributed by atoms with E-state index in [4.69, 9.17) is 4.74 Å². The third kappa shape index (κ3) is 3.03. The molecule has 1 aliphatic heterocycles. The molecule has 0 fully saturated rings. The lowest BCUT2D eigenvalue weighted by atomic mass is 10.0. The van der Waals surface area contributed by atoms with Gasteiger partial charge in [-0.3, -0.25) is 4.79 Å². The molecule has 2 aromatic carbocycles. The van der Waals surface area contributed by atoms with Gasteiger partial charge in [0.15, 0.2) is 0 Å². The number of hydrogen-bond acceptors (Lipinski definition) is 2. The Bertz CT molecular complexity index is 859. The van der Waals surface area contributed by atoms with Crippen molar-refractivity contribution < 1.29 is 22.7 Å². The van der Waals surface area contributed by atoms with Crippen molar-refractivity contribution in [2.24, 2.45) is 0 Å². The van der Waals surface area contributed by atoms with E-state index in [9.17, 15) is 18.0 Å². The molecule has 0 atom stereocenters. The standard InChI is InChI=1S/C17H11BrF3NO2/c1-24-15-5-2-9(7-13(15)18)6-12-11-4-3-10(17(19,20)21)8-14(11)22-16(12)23/h2-8H,1H3,(H,22,23)/b12-6+. The van der Waals surface area contributed by atoms with Crippen LogP contribution in [0.4, 0.5) is 18.9 Å². The molecule has 3 rings (SSSR count). The van der Waals surface area contributed by atoms with Crippen molar-refractivity contribution in [2.75, 3.05) is 12.4 Å². The fraction of sp³-hybridized carbons (Fsp3) is 0.118. The van der Waals surface area contributed by atoms with Crippen molar-refractivity contribution >= 4 is 39.2 Å². The summed E-state index contributed by atoms with van der Waals surface area (Å²) >= 11 is 3.36. The van der Waals surface area contributed by atoms with E-state index in [1.54, 1.807) is 24.3 Å². The van der Waals surface area contributed by atoms with Crippen molar-refractivity contribution in [1.29, 1.82) is 0 Å². The molecule has 1 aliphatic rings. The molecular weight excluding hydrogens is 387 g/mol. The molecule has 1 amide bonds. The summed E-state index contributed by atoms with van der Waals surface area (Å²) in [5.41, 5.74) is 0.847. The van der Waals surface area contributed by atoms with Gasteiger partial charge in [0.1, 0.15) is 5.75 Å². The molecule has 0 saturated heterocycles. The first-order valence-corrected chi connectivity index (χ1v) is 7.67. The number of fused-ring (bicyclic) bond motifs is 1. The van der Waals surface area contributed by atoms with E-state index >= 15 is 0 Å². The Morgan fingerprint density at radius 2 is 1.92 bits per heavy atom. The highest BCUT2D eigenvalue weighted by atomic mass is 79.9. The number of alkyl halides is 3. The average Bonchev–Trinajstić information content (AvgIpc) is 2.82. The molecule has 0 radical (unpaired) electrons. The summed E-state index contributed by atoms with van der Waals surface area (Å²) in [7, 11) is 1.54. The Hall–Kier alpha value is -2.28. The van der Waals surface area contributed by atoms with Crippen LogP contribution < -0.4 is 10.1 Å². The van der Waals surface area contributed by atoms with E-state index in [1.165, 1.54) is 13.2 Å². The van der Waals surface area contributed by atoms with E-state index in [-0.39, 0.29) is 5.69 Å². The van der Waals surface area contributed by atoms with Crippen LogP contribution in [0.5, 0.6) is 5.75 Å². The molecule has 124 valence electrons. The SMILES string of the molecule is COc1ccc(/C=C2/C(=O)Nc3cc(C(F)(F)F)ccc32)cc1Br. The Labute approximate surface area is 144 Å². The zero-order valence-electron chi connectivity index (χ0n) is 12.4. The topological polar surface area (TPSA) is 38.3 Å². The number of rotatable bonds is 2. The number of anilines is 1. The highest BCUT2D eigenvalue weighted by molar-refractivity contribution is 9.10. The number of amides is 1. The molecule has 1 heterocycles. The first-order valence-electron chi connectivity index (χ1n) is 6.88. The van der Waals surface area contributed by atoms with Crippen LogP contribution in [0.1, 0.15) is 16.7 Å². The molecule has 24 heavy (non-hydrogen) atoms. The molecule has 0 bridgehead atoms. The maximum absolute atomic E-state index is 12.8. The van der Waals surface area contributed by atoms with Crippen LogP contribution in [0.15, 0.2) is 40.9 Å². The van der Waals surface area contributed by atoms with Gasteiger partial charge in [-0.15, -0.1) is 0 Å². The number of halogens is 4. The Balaban J connectivity index is 2.02. The molecule has 0 aliphatic carbocycles. The Morgan fingerprint density at radius 1 is 1.17 bits per heavy atom. The van der Waals surface area contributed by atoms with Gasteiger partial charge in [0.2, 0.25) is 0 Å². The minimum absolute atomic E-state index is 0.161. The lowest BCUT2D eigenvalue weighted by molar-refractivity contribution is -0.137. The van der Waals surface area contributed by atoms with Gasteiger partial charge in [0, 0.05) is 16.8 Å². The van der Waals surface area contributed by atoms with Crippen LogP contribution in [0.2, 0.25) is 0 Å². The monoisotopic (exact) mass is 397 g/mol. The lowest BCUT2D eigenvalue weighted by Crippen LogP contribution is -2.06. The molecule has 0 spiro atoms. The molecule has 7 heteroatoms. The largest absolute Gasteiger partial charge is 0.496 e. The van der Waals surface area contributed by atoms with Gasteiger partial charge >= 0.3 is 6.18 Å². The predicted molar refractivity (Wildman–Crippen MR) is 88.6 cm³/mol. The molecule has 0 aromatic heterocycles. The van der Waals surface area contributed by atoms with Crippen LogP contribution in [0.3, 0.4) is 0 Å². The highest BCUT2D eigenvalue weighted by Gasteiger charge is 2.33. The van der Waals surface area contributed by atoms with Crippen LogP contribution >= 0.6 is 15.9 Å². The van der Waals surface area contributed by atoms with Gasteiger partial charge in [-0.2, -0.15) is 13.2 Å². The summed E-state index contributed by atoms with van der Waals surface area (Å²) in [4.78, 5) is 12.1. The van der Waals surface area contributed by atoms with Crippen molar-refractivity contribution in [3.63, 3.8) is 0 Å².